The van der Waals surface area contributed by atoms with E-state index in [2.05, 4.69) is 10.1 Å². The second kappa shape index (κ2) is 6.35. The molecule has 0 bridgehead atoms. The molecule has 136 valence electrons. The smallest absolute Gasteiger partial charge is 0.368 e. The van der Waals surface area contributed by atoms with Crippen molar-refractivity contribution in [2.24, 2.45) is 0 Å². The van der Waals surface area contributed by atoms with Gasteiger partial charge in [-0.05, 0) is 54.8 Å². The average molecular weight is 362 g/mol. The predicted octanol–water partition coefficient (Wildman–Crippen LogP) is 2.28. The van der Waals surface area contributed by atoms with Gasteiger partial charge in [-0.3, -0.25) is 0 Å². The van der Waals surface area contributed by atoms with Gasteiger partial charge in [0.05, 0.1) is 12.5 Å². The number of rotatable bonds is 4. The molecule has 1 aromatic heterocycles. The number of methoxy groups -OCH3 is 1. The third-order valence-corrected chi connectivity index (χ3v) is 4.96. The van der Waals surface area contributed by atoms with Crippen molar-refractivity contribution in [1.29, 1.82) is 5.41 Å². The summed E-state index contributed by atoms with van der Waals surface area (Å²) in [7, 11) is 1.63. The quantitative estimate of drug-likeness (QED) is 0.375. The van der Waals surface area contributed by atoms with Crippen LogP contribution in [-0.2, 0) is 5.41 Å². The van der Waals surface area contributed by atoms with E-state index in [-0.39, 0.29) is 11.7 Å². The molecule has 0 aliphatic heterocycles. The van der Waals surface area contributed by atoms with E-state index in [0.717, 1.165) is 29.7 Å². The van der Waals surface area contributed by atoms with Gasteiger partial charge in [0, 0.05) is 5.56 Å². The van der Waals surface area contributed by atoms with Crippen molar-refractivity contribution in [2.75, 3.05) is 12.8 Å². The van der Waals surface area contributed by atoms with Gasteiger partial charge in [0.15, 0.2) is 0 Å². The van der Waals surface area contributed by atoms with Crippen molar-refractivity contribution in [3.8, 4) is 22.8 Å². The molecule has 4 rings (SSSR count). The number of anilines is 1. The van der Waals surface area contributed by atoms with Gasteiger partial charge in [-0.1, -0.05) is 12.1 Å². The summed E-state index contributed by atoms with van der Waals surface area (Å²) in [6.07, 6.45) is 3.28. The van der Waals surface area contributed by atoms with E-state index in [9.17, 15) is 5.11 Å². The molecular formula is C20H20N5O2+. The number of nitrogens with zero attached hydrogens (tertiary/aromatic N) is 3. The van der Waals surface area contributed by atoms with Crippen LogP contribution in [0.2, 0.25) is 0 Å². The first-order chi connectivity index (χ1) is 13.0. The number of hydrogen-bond acceptors (Lipinski definition) is 6. The Hall–Kier alpha value is -3.48. The minimum Gasteiger partial charge on any atom is -0.508 e. The fraction of sp³-hybridized carbons (Fsp3) is 0.200. The minimum absolute atomic E-state index is 0.169. The first-order valence-corrected chi connectivity index (χ1v) is 8.62. The third-order valence-electron chi connectivity index (χ3n) is 4.96. The van der Waals surface area contributed by atoms with Crippen LogP contribution in [-0.4, -0.2) is 28.1 Å². The molecule has 1 aliphatic carbocycles. The zero-order valence-electron chi connectivity index (χ0n) is 14.9. The maximum absolute atomic E-state index is 9.46. The molecule has 1 aliphatic rings. The zero-order valence-corrected chi connectivity index (χ0v) is 14.9. The number of phenols is 1. The number of hydrogen-bond donors (Lipinski definition) is 3. The Morgan fingerprint density at radius 3 is 2.41 bits per heavy atom. The highest BCUT2D eigenvalue weighted by Gasteiger charge is 2.53. The van der Waals surface area contributed by atoms with Crippen LogP contribution in [0, 0.1) is 5.41 Å². The molecule has 0 radical (unpaired) electrons. The lowest BCUT2D eigenvalue weighted by Gasteiger charge is -2.15. The molecule has 0 spiro atoms. The van der Waals surface area contributed by atoms with Crippen LogP contribution in [0.25, 0.3) is 11.3 Å². The van der Waals surface area contributed by atoms with Crippen LogP contribution in [0.3, 0.4) is 0 Å². The molecule has 2 aromatic carbocycles. The number of aromatic nitrogens is 3. The van der Waals surface area contributed by atoms with Crippen molar-refractivity contribution < 1.29 is 14.5 Å². The van der Waals surface area contributed by atoms with E-state index in [1.807, 2.05) is 24.3 Å². The van der Waals surface area contributed by atoms with Gasteiger partial charge >= 0.3 is 5.95 Å². The number of aromatic hydroxyl groups is 1. The molecule has 1 saturated carbocycles. The van der Waals surface area contributed by atoms with Gasteiger partial charge in [-0.25, -0.2) is 0 Å². The molecule has 0 atom stereocenters. The predicted molar refractivity (Wildman–Crippen MR) is 101 cm³/mol. The van der Waals surface area contributed by atoms with E-state index < -0.39 is 5.41 Å². The minimum atomic E-state index is -0.409. The number of benzene rings is 2. The van der Waals surface area contributed by atoms with Crippen LogP contribution < -0.4 is 15.2 Å². The maximum Gasteiger partial charge on any atom is 0.368 e. The Morgan fingerprint density at radius 2 is 1.81 bits per heavy atom. The number of nitrogen functional groups attached to an aromatic ring is 1. The van der Waals surface area contributed by atoms with Gasteiger partial charge in [0.2, 0.25) is 5.84 Å². The Labute approximate surface area is 156 Å². The summed E-state index contributed by atoms with van der Waals surface area (Å²) in [4.78, 5) is 4.22. The standard InChI is InChI=1S/C20H19N5O2/c1-27-16-8-4-14(5-9-16)20(10-11-20)18(21)25-19(22)23-12-17(24-25)13-2-6-15(26)7-3-13/h2-9,12,21-22H,10-11H2,1H3,(H,24,26)/p+1. The molecule has 27 heavy (non-hydrogen) atoms. The maximum atomic E-state index is 9.46. The van der Waals surface area contributed by atoms with Crippen molar-refractivity contribution in [2.45, 2.75) is 18.3 Å². The summed E-state index contributed by atoms with van der Waals surface area (Å²) in [5, 5.41) is 22.8. The van der Waals surface area contributed by atoms with E-state index in [0.29, 0.717) is 11.5 Å². The highest BCUT2D eigenvalue weighted by atomic mass is 16.5. The summed E-state index contributed by atoms with van der Waals surface area (Å²) in [5.41, 5.74) is 8.03. The van der Waals surface area contributed by atoms with Crippen LogP contribution in [0.1, 0.15) is 18.4 Å². The molecule has 3 aromatic rings. The SMILES string of the molecule is COc1ccc(C2(C(=N)[n+]3nc(-c4ccc(O)cc4)cnc3N)CC2)cc1. The lowest BCUT2D eigenvalue weighted by atomic mass is 9.94. The first kappa shape index (κ1) is 17.0. The highest BCUT2D eigenvalue weighted by Crippen LogP contribution is 2.48. The van der Waals surface area contributed by atoms with Crippen LogP contribution in [0.4, 0.5) is 5.95 Å². The van der Waals surface area contributed by atoms with E-state index >= 15 is 0 Å². The summed E-state index contributed by atoms with van der Waals surface area (Å²) in [5.74, 6) is 1.43. The second-order valence-electron chi connectivity index (χ2n) is 6.62. The van der Waals surface area contributed by atoms with Crippen LogP contribution in [0.15, 0.2) is 54.7 Å². The number of phenolic OH excluding ortho intramolecular Hbond substituents is 1. The van der Waals surface area contributed by atoms with Crippen LogP contribution in [0.5, 0.6) is 11.5 Å². The Balaban J connectivity index is 1.70. The molecule has 4 N–H and O–H groups in total. The molecule has 7 nitrogen and oxygen atoms in total. The Morgan fingerprint density at radius 1 is 1.15 bits per heavy atom. The summed E-state index contributed by atoms with van der Waals surface area (Å²) < 4.78 is 6.62. The summed E-state index contributed by atoms with van der Waals surface area (Å²) in [6.45, 7) is 0. The first-order valence-electron chi connectivity index (χ1n) is 8.62. The van der Waals surface area contributed by atoms with Crippen molar-refractivity contribution >= 4 is 11.8 Å². The lowest BCUT2D eigenvalue weighted by Crippen LogP contribution is -2.54. The second-order valence-corrected chi connectivity index (χ2v) is 6.62. The van der Waals surface area contributed by atoms with Crippen LogP contribution >= 0.6 is 0 Å². The van der Waals surface area contributed by atoms with Gasteiger partial charge in [0.25, 0.3) is 0 Å². The Kier molecular flexibility index (Phi) is 3.99. The van der Waals surface area contributed by atoms with E-state index in [1.165, 1.54) is 4.68 Å². The number of nitrogens with one attached hydrogen (secondary N) is 1. The molecule has 7 heteroatoms. The third kappa shape index (κ3) is 2.97. The van der Waals surface area contributed by atoms with Gasteiger partial charge in [0.1, 0.15) is 23.4 Å². The highest BCUT2D eigenvalue weighted by molar-refractivity contribution is 5.87. The molecule has 0 unspecified atom stereocenters. The molecular weight excluding hydrogens is 342 g/mol. The summed E-state index contributed by atoms with van der Waals surface area (Å²) >= 11 is 0. The van der Waals surface area contributed by atoms with E-state index in [1.54, 1.807) is 37.6 Å². The van der Waals surface area contributed by atoms with Gasteiger partial charge in [-0.2, -0.15) is 5.41 Å². The number of ether oxygens (including phenoxy) is 1. The molecule has 0 amide bonds. The van der Waals surface area contributed by atoms with Crippen molar-refractivity contribution in [3.63, 3.8) is 0 Å². The Bertz CT molecular complexity index is 996. The molecule has 0 saturated heterocycles. The number of nitrogens with two attached hydrogens (primary N) is 1. The molecule has 1 heterocycles. The van der Waals surface area contributed by atoms with Gasteiger partial charge in [-0.15, -0.1) is 14.8 Å². The fourth-order valence-corrected chi connectivity index (χ4v) is 3.20. The van der Waals surface area contributed by atoms with Gasteiger partial charge < -0.3 is 15.6 Å². The zero-order chi connectivity index (χ0) is 19.0. The fourth-order valence-electron chi connectivity index (χ4n) is 3.20. The largest absolute Gasteiger partial charge is 0.508 e. The monoisotopic (exact) mass is 362 g/mol. The van der Waals surface area contributed by atoms with Crippen molar-refractivity contribution in [1.82, 2.24) is 10.1 Å². The van der Waals surface area contributed by atoms with E-state index in [4.69, 9.17) is 15.9 Å². The normalized spacial score (nSPS) is 14.6. The molecule has 1 fully saturated rings. The summed E-state index contributed by atoms with van der Waals surface area (Å²) in [6, 6.07) is 14.4. The topological polar surface area (TPSA) is 109 Å². The average Bonchev–Trinajstić information content (AvgIpc) is 3.51. The lowest BCUT2D eigenvalue weighted by molar-refractivity contribution is -0.613. The van der Waals surface area contributed by atoms with Crippen molar-refractivity contribution in [3.05, 3.63) is 60.3 Å².